The minimum atomic E-state index is -1.58. The molecule has 76 heavy (non-hydrogen) atoms. The van der Waals surface area contributed by atoms with E-state index in [1.807, 2.05) is 6.08 Å². The van der Waals surface area contributed by atoms with Gasteiger partial charge in [0.15, 0.2) is 6.29 Å². The molecule has 1 aliphatic rings. The molecular formula is C67H123NO8. The Morgan fingerprint density at radius 2 is 0.789 bits per heavy atom. The zero-order valence-corrected chi connectivity index (χ0v) is 49.5. The van der Waals surface area contributed by atoms with Gasteiger partial charge in [0.2, 0.25) is 5.91 Å². The van der Waals surface area contributed by atoms with E-state index in [4.69, 9.17) is 9.47 Å². The van der Waals surface area contributed by atoms with Gasteiger partial charge in [0.05, 0.1) is 25.4 Å². The second-order valence-corrected chi connectivity index (χ2v) is 22.5. The first-order valence-corrected chi connectivity index (χ1v) is 32.5. The molecule has 1 rings (SSSR count). The molecule has 6 N–H and O–H groups in total. The molecule has 0 aliphatic carbocycles. The number of ether oxygens (including phenoxy) is 2. The summed E-state index contributed by atoms with van der Waals surface area (Å²) in [6.07, 6.45) is 70.2. The van der Waals surface area contributed by atoms with Gasteiger partial charge in [-0.15, -0.1) is 0 Å². The maximum absolute atomic E-state index is 13.1. The number of allylic oxidation sites excluding steroid dienone is 9. The Labute approximate surface area is 468 Å². The van der Waals surface area contributed by atoms with Gasteiger partial charge in [-0.25, -0.2) is 0 Å². The summed E-state index contributed by atoms with van der Waals surface area (Å²) >= 11 is 0. The number of hydrogen-bond donors (Lipinski definition) is 6. The Morgan fingerprint density at radius 3 is 1.18 bits per heavy atom. The van der Waals surface area contributed by atoms with Crippen LogP contribution in [-0.4, -0.2) is 87.5 Å². The van der Waals surface area contributed by atoms with Crippen molar-refractivity contribution in [3.05, 3.63) is 60.8 Å². The fraction of sp³-hybridized carbons (Fsp3) is 0.836. The van der Waals surface area contributed by atoms with E-state index in [1.54, 1.807) is 6.08 Å². The molecule has 9 heteroatoms. The number of amides is 1. The Bertz CT molecular complexity index is 1380. The van der Waals surface area contributed by atoms with Crippen LogP contribution >= 0.6 is 0 Å². The third-order valence-corrected chi connectivity index (χ3v) is 15.3. The first-order valence-electron chi connectivity index (χ1n) is 32.5. The van der Waals surface area contributed by atoms with E-state index in [-0.39, 0.29) is 12.5 Å². The van der Waals surface area contributed by atoms with Crippen LogP contribution in [0, 0.1) is 0 Å². The fourth-order valence-electron chi connectivity index (χ4n) is 10.2. The van der Waals surface area contributed by atoms with Crippen molar-refractivity contribution < 1.29 is 39.8 Å². The predicted molar refractivity (Wildman–Crippen MR) is 322 cm³/mol. The zero-order chi connectivity index (χ0) is 55.0. The third kappa shape index (κ3) is 44.7. The van der Waals surface area contributed by atoms with Gasteiger partial charge in [-0.05, 0) is 77.0 Å². The molecule has 0 aromatic rings. The number of unbranched alkanes of at least 4 members (excludes halogenated alkanes) is 38. The van der Waals surface area contributed by atoms with Crippen molar-refractivity contribution in [1.82, 2.24) is 5.32 Å². The summed E-state index contributed by atoms with van der Waals surface area (Å²) < 4.78 is 11.3. The van der Waals surface area contributed by atoms with Gasteiger partial charge in [-0.1, -0.05) is 280 Å². The van der Waals surface area contributed by atoms with Crippen LogP contribution in [0.5, 0.6) is 0 Å². The summed E-state index contributed by atoms with van der Waals surface area (Å²) in [5, 5.41) is 54.6. The van der Waals surface area contributed by atoms with Gasteiger partial charge in [0.25, 0.3) is 0 Å². The van der Waals surface area contributed by atoms with Crippen LogP contribution in [0.2, 0.25) is 0 Å². The zero-order valence-electron chi connectivity index (χ0n) is 49.5. The molecule has 1 amide bonds. The van der Waals surface area contributed by atoms with E-state index in [0.717, 1.165) is 51.4 Å². The minimum absolute atomic E-state index is 0.188. The Kier molecular flexibility index (Phi) is 53.1. The van der Waals surface area contributed by atoms with E-state index in [0.29, 0.717) is 6.42 Å². The molecule has 1 fully saturated rings. The summed E-state index contributed by atoms with van der Waals surface area (Å²) in [5.41, 5.74) is 0. The van der Waals surface area contributed by atoms with Gasteiger partial charge in [-0.3, -0.25) is 4.79 Å². The standard InChI is InChI=1S/C67H123NO8/c1-3-5-7-9-11-13-15-17-19-21-23-25-27-29-30-31-32-33-35-37-39-41-43-45-47-49-51-53-55-57-63(71)68-60(59-75-67-66(74)65(73)64(72)62(58-69)76-67)61(70)56-54-52-50-48-46-44-42-40-38-36-34-28-26-24-22-20-18-16-14-12-10-8-6-4-2/h15,17,21,23,38,40,46,48,54,56,60-62,64-67,69-70,72-74H,3-14,16,18-20,22,24-37,39,41-45,47,49-53,55,57-59H2,1-2H3,(H,68,71)/b17-15-,23-21-,40-38+,48-46+,56-54+. The van der Waals surface area contributed by atoms with E-state index in [2.05, 4.69) is 67.8 Å². The van der Waals surface area contributed by atoms with E-state index in [1.165, 1.54) is 231 Å². The summed E-state index contributed by atoms with van der Waals surface area (Å²) in [5.74, 6) is -0.188. The lowest BCUT2D eigenvalue weighted by atomic mass is 9.99. The largest absolute Gasteiger partial charge is 0.394 e. The Hall–Kier alpha value is -2.11. The van der Waals surface area contributed by atoms with Crippen LogP contribution in [0.25, 0.3) is 0 Å². The topological polar surface area (TPSA) is 149 Å². The van der Waals surface area contributed by atoms with Crippen LogP contribution in [0.3, 0.4) is 0 Å². The highest BCUT2D eigenvalue weighted by molar-refractivity contribution is 5.76. The first kappa shape index (κ1) is 71.9. The maximum atomic E-state index is 13.1. The lowest BCUT2D eigenvalue weighted by molar-refractivity contribution is -0.302. The molecule has 0 radical (unpaired) electrons. The number of aliphatic hydroxyl groups is 5. The van der Waals surface area contributed by atoms with Crippen molar-refractivity contribution in [2.45, 2.75) is 346 Å². The monoisotopic (exact) mass is 1070 g/mol. The van der Waals surface area contributed by atoms with Gasteiger partial charge in [0.1, 0.15) is 24.4 Å². The molecular weight excluding hydrogens is 947 g/mol. The summed E-state index contributed by atoms with van der Waals surface area (Å²) in [6.45, 7) is 3.78. The third-order valence-electron chi connectivity index (χ3n) is 15.3. The molecule has 7 atom stereocenters. The normalized spacial score (nSPS) is 19.2. The Morgan fingerprint density at radius 1 is 0.447 bits per heavy atom. The number of nitrogens with one attached hydrogen (secondary N) is 1. The van der Waals surface area contributed by atoms with Gasteiger partial charge >= 0.3 is 0 Å². The predicted octanol–water partition coefficient (Wildman–Crippen LogP) is 17.0. The van der Waals surface area contributed by atoms with Crippen LogP contribution in [0.15, 0.2) is 60.8 Å². The second kappa shape index (κ2) is 56.2. The van der Waals surface area contributed by atoms with Crippen molar-refractivity contribution in [3.8, 4) is 0 Å². The van der Waals surface area contributed by atoms with Crippen molar-refractivity contribution in [2.24, 2.45) is 0 Å². The number of carbonyl (C=O) groups is 1. The molecule has 0 bridgehead atoms. The SMILES string of the molecule is CCCCCCC/C=C\C/C=C\CCCCCCCCCCCCCCCCCCCC(=O)NC(COC1OC(CO)C(O)C(O)C1O)C(O)/C=C/CC/C=C/CC/C=C/CCCCCCCCCCCCCCCC. The van der Waals surface area contributed by atoms with Gasteiger partial charge in [0, 0.05) is 6.42 Å². The molecule has 1 aliphatic heterocycles. The average molecular weight is 1070 g/mol. The van der Waals surface area contributed by atoms with E-state index in [9.17, 15) is 30.3 Å². The van der Waals surface area contributed by atoms with Crippen molar-refractivity contribution in [1.29, 1.82) is 0 Å². The quantitative estimate of drug-likeness (QED) is 0.0261. The van der Waals surface area contributed by atoms with Crippen molar-refractivity contribution in [3.63, 3.8) is 0 Å². The molecule has 0 aromatic carbocycles. The van der Waals surface area contributed by atoms with E-state index < -0.39 is 49.5 Å². The molecule has 0 saturated carbocycles. The van der Waals surface area contributed by atoms with Crippen LogP contribution in [0.1, 0.15) is 303 Å². The van der Waals surface area contributed by atoms with Crippen molar-refractivity contribution in [2.75, 3.05) is 13.2 Å². The minimum Gasteiger partial charge on any atom is -0.394 e. The highest BCUT2D eigenvalue weighted by Gasteiger charge is 2.44. The lowest BCUT2D eigenvalue weighted by Gasteiger charge is -2.40. The van der Waals surface area contributed by atoms with Gasteiger partial charge in [-0.2, -0.15) is 0 Å². The number of carbonyl (C=O) groups excluding carboxylic acids is 1. The molecule has 444 valence electrons. The number of rotatable bonds is 56. The summed E-state index contributed by atoms with van der Waals surface area (Å²) in [6, 6.07) is -0.830. The highest BCUT2D eigenvalue weighted by atomic mass is 16.7. The fourth-order valence-corrected chi connectivity index (χ4v) is 10.2. The molecule has 7 unspecified atom stereocenters. The smallest absolute Gasteiger partial charge is 0.220 e. The number of hydrogen-bond acceptors (Lipinski definition) is 8. The van der Waals surface area contributed by atoms with Crippen molar-refractivity contribution >= 4 is 5.91 Å². The summed E-state index contributed by atoms with van der Waals surface area (Å²) in [4.78, 5) is 13.1. The Balaban J connectivity index is 2.19. The lowest BCUT2D eigenvalue weighted by Crippen LogP contribution is -2.60. The molecule has 1 heterocycles. The molecule has 1 saturated heterocycles. The number of aliphatic hydroxyl groups excluding tert-OH is 5. The van der Waals surface area contributed by atoms with Gasteiger partial charge < -0.3 is 40.3 Å². The van der Waals surface area contributed by atoms with Crippen LogP contribution < -0.4 is 5.32 Å². The first-order chi connectivity index (χ1) is 37.3. The van der Waals surface area contributed by atoms with E-state index >= 15 is 0 Å². The van der Waals surface area contributed by atoms with Crippen LogP contribution in [-0.2, 0) is 14.3 Å². The summed E-state index contributed by atoms with van der Waals surface area (Å²) in [7, 11) is 0. The molecule has 0 spiro atoms. The maximum Gasteiger partial charge on any atom is 0.220 e. The second-order valence-electron chi connectivity index (χ2n) is 22.5. The highest BCUT2D eigenvalue weighted by Crippen LogP contribution is 2.23. The molecule has 9 nitrogen and oxygen atoms in total. The van der Waals surface area contributed by atoms with Crippen LogP contribution in [0.4, 0.5) is 0 Å². The average Bonchev–Trinajstić information content (AvgIpc) is 3.42. The molecule has 0 aromatic heterocycles.